The van der Waals surface area contributed by atoms with Gasteiger partial charge in [0, 0.05) is 17.6 Å². The number of nitrogens with zero attached hydrogens (tertiary/aromatic N) is 1. The van der Waals surface area contributed by atoms with E-state index < -0.39 is 12.2 Å². The first kappa shape index (κ1) is 15.4. The summed E-state index contributed by atoms with van der Waals surface area (Å²) in [6.45, 7) is 1.97. The van der Waals surface area contributed by atoms with Crippen molar-refractivity contribution in [1.29, 1.82) is 0 Å². The molecule has 1 amide bonds. The molecule has 0 aliphatic carbocycles. The number of hydrogen-bond acceptors (Lipinski definition) is 4. The Morgan fingerprint density at radius 1 is 1.30 bits per heavy atom. The van der Waals surface area contributed by atoms with E-state index in [9.17, 15) is 4.79 Å². The van der Waals surface area contributed by atoms with Crippen LogP contribution in [0.15, 0.2) is 46.9 Å². The van der Waals surface area contributed by atoms with Crippen molar-refractivity contribution in [1.82, 2.24) is 10.3 Å². The quantitative estimate of drug-likeness (QED) is 0.780. The largest absolute Gasteiger partial charge is 0.436 e. The predicted molar refractivity (Wildman–Crippen MR) is 87.6 cm³/mol. The van der Waals surface area contributed by atoms with Crippen molar-refractivity contribution < 1.29 is 13.9 Å². The molecule has 0 saturated heterocycles. The maximum Gasteiger partial charge on any atom is 0.408 e. The third kappa shape index (κ3) is 3.14. The Bertz CT molecular complexity index is 860. The fraction of sp³-hybridized carbons (Fsp3) is 0.176. The van der Waals surface area contributed by atoms with Gasteiger partial charge in [-0.25, -0.2) is 9.78 Å². The molecule has 0 aliphatic rings. The molecule has 3 aromatic rings. The highest BCUT2D eigenvalue weighted by Crippen LogP contribution is 2.32. The third-order valence-electron chi connectivity index (χ3n) is 3.40. The second kappa shape index (κ2) is 6.30. The van der Waals surface area contributed by atoms with Crippen LogP contribution >= 0.6 is 11.6 Å². The molecule has 1 atom stereocenters. The van der Waals surface area contributed by atoms with Gasteiger partial charge in [0.2, 0.25) is 12.0 Å². The number of ether oxygens (including phenoxy) is 1. The standard InChI is InChI=1S/C17H15ClN2O3/c1-10-7-8-14-13(9-10)20-16(22-14)15(23-17(21)19-2)11-5-3-4-6-12(11)18/h3-9,15H,1-2H3,(H,19,21). The van der Waals surface area contributed by atoms with Crippen molar-refractivity contribution in [2.45, 2.75) is 13.0 Å². The van der Waals surface area contributed by atoms with Crippen LogP contribution in [0, 0.1) is 6.92 Å². The highest BCUT2D eigenvalue weighted by atomic mass is 35.5. The fourth-order valence-corrected chi connectivity index (χ4v) is 2.50. The molecule has 1 unspecified atom stereocenters. The van der Waals surface area contributed by atoms with E-state index in [4.69, 9.17) is 20.8 Å². The minimum absolute atomic E-state index is 0.280. The maximum absolute atomic E-state index is 11.7. The smallest absolute Gasteiger partial charge is 0.408 e. The minimum Gasteiger partial charge on any atom is -0.436 e. The summed E-state index contributed by atoms with van der Waals surface area (Å²) in [5, 5.41) is 2.90. The zero-order valence-electron chi connectivity index (χ0n) is 12.7. The van der Waals surface area contributed by atoms with Crippen molar-refractivity contribution in [2.75, 3.05) is 7.05 Å². The first-order valence-corrected chi connectivity index (χ1v) is 7.46. The molecule has 6 heteroatoms. The topological polar surface area (TPSA) is 64.4 Å². The number of benzene rings is 2. The number of oxazole rings is 1. The number of hydrogen-bond donors (Lipinski definition) is 1. The van der Waals surface area contributed by atoms with Gasteiger partial charge < -0.3 is 14.5 Å². The van der Waals surface area contributed by atoms with Crippen molar-refractivity contribution in [3.63, 3.8) is 0 Å². The number of carbonyl (C=O) groups is 1. The van der Waals surface area contributed by atoms with Gasteiger partial charge in [-0.3, -0.25) is 0 Å². The van der Waals surface area contributed by atoms with Crippen LogP contribution in [0.25, 0.3) is 11.1 Å². The number of nitrogens with one attached hydrogen (secondary N) is 1. The third-order valence-corrected chi connectivity index (χ3v) is 3.74. The van der Waals surface area contributed by atoms with Gasteiger partial charge in [-0.05, 0) is 30.7 Å². The Morgan fingerprint density at radius 2 is 2.09 bits per heavy atom. The average molecular weight is 331 g/mol. The summed E-state index contributed by atoms with van der Waals surface area (Å²) in [7, 11) is 1.49. The van der Waals surface area contributed by atoms with Gasteiger partial charge in [0.25, 0.3) is 0 Å². The predicted octanol–water partition coefficient (Wildman–Crippen LogP) is 4.24. The van der Waals surface area contributed by atoms with E-state index in [2.05, 4.69) is 10.3 Å². The Kier molecular flexibility index (Phi) is 4.21. The molecular formula is C17H15ClN2O3. The second-order valence-corrected chi connectivity index (χ2v) is 5.49. The summed E-state index contributed by atoms with van der Waals surface area (Å²) in [5.74, 6) is 0.280. The number of amides is 1. The van der Waals surface area contributed by atoms with Crippen LogP contribution in [0.3, 0.4) is 0 Å². The Labute approximate surface area is 138 Å². The summed E-state index contributed by atoms with van der Waals surface area (Å²) < 4.78 is 11.2. The first-order valence-electron chi connectivity index (χ1n) is 7.08. The molecule has 0 saturated carbocycles. The number of fused-ring (bicyclic) bond motifs is 1. The number of aromatic nitrogens is 1. The minimum atomic E-state index is -0.823. The van der Waals surface area contributed by atoms with E-state index in [0.29, 0.717) is 21.7 Å². The van der Waals surface area contributed by atoms with Gasteiger partial charge in [-0.1, -0.05) is 35.9 Å². The van der Waals surface area contributed by atoms with E-state index in [0.717, 1.165) is 5.56 Å². The number of rotatable bonds is 3. The van der Waals surface area contributed by atoms with Crippen LogP contribution < -0.4 is 5.32 Å². The molecule has 118 valence electrons. The lowest BCUT2D eigenvalue weighted by molar-refractivity contribution is 0.105. The second-order valence-electron chi connectivity index (χ2n) is 5.08. The van der Waals surface area contributed by atoms with Gasteiger partial charge in [-0.15, -0.1) is 0 Å². The van der Waals surface area contributed by atoms with Crippen molar-refractivity contribution >= 4 is 28.8 Å². The molecule has 0 aliphatic heterocycles. The lowest BCUT2D eigenvalue weighted by Crippen LogP contribution is -2.22. The van der Waals surface area contributed by atoms with E-state index >= 15 is 0 Å². The van der Waals surface area contributed by atoms with Crippen molar-refractivity contribution in [3.05, 3.63) is 64.5 Å². The zero-order chi connectivity index (χ0) is 16.4. The van der Waals surface area contributed by atoms with Crippen LogP contribution in [-0.4, -0.2) is 18.1 Å². The number of halogens is 1. The lowest BCUT2D eigenvalue weighted by Gasteiger charge is -2.15. The molecule has 1 heterocycles. The Balaban J connectivity index is 2.09. The van der Waals surface area contributed by atoms with E-state index in [1.54, 1.807) is 18.2 Å². The fourth-order valence-electron chi connectivity index (χ4n) is 2.27. The zero-order valence-corrected chi connectivity index (χ0v) is 13.4. The van der Waals surface area contributed by atoms with Crippen molar-refractivity contribution in [2.24, 2.45) is 0 Å². The van der Waals surface area contributed by atoms with Crippen LogP contribution in [0.4, 0.5) is 4.79 Å². The Hall–Kier alpha value is -2.53. The molecule has 0 spiro atoms. The van der Waals surface area contributed by atoms with E-state index in [1.165, 1.54) is 7.05 Å². The van der Waals surface area contributed by atoms with Gasteiger partial charge in [0.15, 0.2) is 5.58 Å². The summed E-state index contributed by atoms with van der Waals surface area (Å²) in [6, 6.07) is 12.8. The highest BCUT2D eigenvalue weighted by Gasteiger charge is 2.26. The molecule has 23 heavy (non-hydrogen) atoms. The number of carbonyl (C=O) groups excluding carboxylic acids is 1. The molecule has 0 fully saturated rings. The van der Waals surface area contributed by atoms with Gasteiger partial charge in [-0.2, -0.15) is 0 Å². The molecule has 1 N–H and O–H groups in total. The maximum atomic E-state index is 11.7. The Morgan fingerprint density at radius 3 is 2.83 bits per heavy atom. The molecule has 0 bridgehead atoms. The molecule has 2 aromatic carbocycles. The normalized spacial score (nSPS) is 12.1. The summed E-state index contributed by atoms with van der Waals surface area (Å²) in [5.41, 5.74) is 3.01. The van der Waals surface area contributed by atoms with Crippen LogP contribution in [0.1, 0.15) is 23.1 Å². The van der Waals surface area contributed by atoms with Crippen LogP contribution in [-0.2, 0) is 4.74 Å². The van der Waals surface area contributed by atoms with Crippen LogP contribution in [0.2, 0.25) is 5.02 Å². The monoisotopic (exact) mass is 330 g/mol. The molecule has 5 nitrogen and oxygen atoms in total. The lowest BCUT2D eigenvalue weighted by atomic mass is 10.1. The molecular weight excluding hydrogens is 316 g/mol. The summed E-state index contributed by atoms with van der Waals surface area (Å²) >= 11 is 6.24. The van der Waals surface area contributed by atoms with Gasteiger partial charge in [0.05, 0.1) is 0 Å². The molecule has 3 rings (SSSR count). The van der Waals surface area contributed by atoms with Gasteiger partial charge >= 0.3 is 6.09 Å². The number of alkyl carbamates (subject to hydrolysis) is 1. The summed E-state index contributed by atoms with van der Waals surface area (Å²) in [6.07, 6.45) is -1.41. The van der Waals surface area contributed by atoms with Crippen LogP contribution in [0.5, 0.6) is 0 Å². The highest BCUT2D eigenvalue weighted by molar-refractivity contribution is 6.31. The van der Waals surface area contributed by atoms with Crippen molar-refractivity contribution in [3.8, 4) is 0 Å². The van der Waals surface area contributed by atoms with Gasteiger partial charge in [0.1, 0.15) is 5.52 Å². The SMILES string of the molecule is CNC(=O)OC(c1nc2cc(C)ccc2o1)c1ccccc1Cl. The molecule has 0 radical (unpaired) electrons. The van der Waals surface area contributed by atoms with E-state index in [-0.39, 0.29) is 5.89 Å². The van der Waals surface area contributed by atoms with E-state index in [1.807, 2.05) is 31.2 Å². The summed E-state index contributed by atoms with van der Waals surface area (Å²) in [4.78, 5) is 16.2. The number of aryl methyl sites for hydroxylation is 1. The average Bonchev–Trinajstić information content (AvgIpc) is 2.96. The first-order chi connectivity index (χ1) is 11.1. The molecule has 1 aromatic heterocycles.